The highest BCUT2D eigenvalue weighted by Gasteiger charge is 2.17. The number of hydrogen-bond donors (Lipinski definition) is 0. The van der Waals surface area contributed by atoms with E-state index in [1.165, 1.54) is 16.8 Å². The Hall–Kier alpha value is -2.28. The first-order valence-corrected chi connectivity index (χ1v) is 5.80. The lowest BCUT2D eigenvalue weighted by Gasteiger charge is -2.05. The Labute approximate surface area is 112 Å². The van der Waals surface area contributed by atoms with Gasteiger partial charge < -0.3 is 0 Å². The molecule has 0 saturated heterocycles. The Morgan fingerprint density at radius 2 is 2.26 bits per heavy atom. The van der Waals surface area contributed by atoms with Crippen molar-refractivity contribution in [2.75, 3.05) is 0 Å². The van der Waals surface area contributed by atoms with E-state index in [1.54, 1.807) is 6.07 Å². The van der Waals surface area contributed by atoms with Gasteiger partial charge in [-0.3, -0.25) is 14.9 Å². The summed E-state index contributed by atoms with van der Waals surface area (Å²) in [7, 11) is 0. The summed E-state index contributed by atoms with van der Waals surface area (Å²) in [4.78, 5) is 21.1. The van der Waals surface area contributed by atoms with Crippen molar-refractivity contribution in [3.05, 3.63) is 44.7 Å². The summed E-state index contributed by atoms with van der Waals surface area (Å²) in [6.07, 6.45) is 1.13. The number of nitro groups is 1. The molecule has 2 rings (SSSR count). The number of aromatic nitrogens is 3. The van der Waals surface area contributed by atoms with Crippen molar-refractivity contribution >= 4 is 23.6 Å². The molecular formula is C11H9ClN4O3. The number of rotatable bonds is 4. The van der Waals surface area contributed by atoms with Gasteiger partial charge in [0.25, 0.3) is 5.69 Å². The van der Waals surface area contributed by atoms with Crippen LogP contribution in [0, 0.1) is 10.1 Å². The number of carbonyl (C=O) groups is 1. The lowest BCUT2D eigenvalue weighted by atomic mass is 10.2. The fourth-order valence-electron chi connectivity index (χ4n) is 1.72. The molecule has 0 aliphatic heterocycles. The molecule has 19 heavy (non-hydrogen) atoms. The zero-order valence-electron chi connectivity index (χ0n) is 9.91. The maximum absolute atomic E-state index is 10.8. The van der Waals surface area contributed by atoms with Gasteiger partial charge in [0.15, 0.2) is 6.29 Å². The summed E-state index contributed by atoms with van der Waals surface area (Å²) < 4.78 is 1.40. The van der Waals surface area contributed by atoms with Crippen LogP contribution in [0.15, 0.2) is 18.2 Å². The van der Waals surface area contributed by atoms with Crippen LogP contribution in [0.4, 0.5) is 5.69 Å². The van der Waals surface area contributed by atoms with E-state index < -0.39 is 4.92 Å². The van der Waals surface area contributed by atoms with E-state index in [-0.39, 0.29) is 16.4 Å². The first-order chi connectivity index (χ1) is 9.08. The van der Waals surface area contributed by atoms with E-state index >= 15 is 0 Å². The van der Waals surface area contributed by atoms with Crippen LogP contribution in [0.5, 0.6) is 0 Å². The van der Waals surface area contributed by atoms with E-state index in [1.807, 2.05) is 6.92 Å². The molecule has 0 saturated carbocycles. The SMILES string of the molecule is CCc1c(C=O)nnn1-c1ccc(Cl)c([N+](=O)[O-])c1. The molecule has 0 radical (unpaired) electrons. The van der Waals surface area contributed by atoms with Crippen molar-refractivity contribution in [3.63, 3.8) is 0 Å². The molecular weight excluding hydrogens is 272 g/mol. The van der Waals surface area contributed by atoms with E-state index in [0.717, 1.165) is 0 Å². The van der Waals surface area contributed by atoms with Crippen LogP contribution >= 0.6 is 11.6 Å². The van der Waals surface area contributed by atoms with Crippen molar-refractivity contribution in [1.82, 2.24) is 15.0 Å². The second-order valence-electron chi connectivity index (χ2n) is 3.70. The quantitative estimate of drug-likeness (QED) is 0.486. The Kier molecular flexibility index (Phi) is 3.57. The minimum absolute atomic E-state index is 0.0440. The van der Waals surface area contributed by atoms with Crippen molar-refractivity contribution in [1.29, 1.82) is 0 Å². The molecule has 7 nitrogen and oxygen atoms in total. The van der Waals surface area contributed by atoms with Gasteiger partial charge in [0.05, 0.1) is 16.3 Å². The Morgan fingerprint density at radius 1 is 1.53 bits per heavy atom. The Bertz CT molecular complexity index is 653. The lowest BCUT2D eigenvalue weighted by Crippen LogP contribution is -2.03. The first kappa shape index (κ1) is 13.2. The monoisotopic (exact) mass is 280 g/mol. The van der Waals surface area contributed by atoms with Gasteiger partial charge in [-0.05, 0) is 18.6 Å². The lowest BCUT2D eigenvalue weighted by molar-refractivity contribution is -0.384. The Balaban J connectivity index is 2.59. The van der Waals surface area contributed by atoms with Crippen molar-refractivity contribution in [3.8, 4) is 5.69 Å². The summed E-state index contributed by atoms with van der Waals surface area (Å²) in [5, 5.41) is 18.4. The molecule has 0 spiro atoms. The number of benzene rings is 1. The van der Waals surface area contributed by atoms with Gasteiger partial charge in [-0.25, -0.2) is 4.68 Å². The van der Waals surface area contributed by atoms with Crippen LogP contribution in [0.25, 0.3) is 5.69 Å². The minimum Gasteiger partial charge on any atom is -0.296 e. The average Bonchev–Trinajstić information content (AvgIpc) is 2.81. The molecule has 1 heterocycles. The normalized spacial score (nSPS) is 10.4. The second kappa shape index (κ2) is 5.15. The highest BCUT2D eigenvalue weighted by atomic mass is 35.5. The number of nitrogens with zero attached hydrogens (tertiary/aromatic N) is 4. The third-order valence-corrected chi connectivity index (χ3v) is 2.93. The van der Waals surface area contributed by atoms with Gasteiger partial charge in [-0.2, -0.15) is 0 Å². The predicted molar refractivity (Wildman–Crippen MR) is 67.8 cm³/mol. The van der Waals surface area contributed by atoms with E-state index in [2.05, 4.69) is 10.3 Å². The largest absolute Gasteiger partial charge is 0.296 e. The number of hydrogen-bond acceptors (Lipinski definition) is 5. The summed E-state index contributed by atoms with van der Waals surface area (Å²) in [6, 6.07) is 4.29. The standard InChI is InChI=1S/C11H9ClN4O3/c1-2-10-9(6-17)13-14-15(10)7-3-4-8(12)11(5-7)16(18)19/h3-6H,2H2,1H3. The summed E-state index contributed by atoms with van der Waals surface area (Å²) in [5.41, 5.74) is 1.03. The zero-order chi connectivity index (χ0) is 14.0. The molecule has 1 aromatic carbocycles. The third kappa shape index (κ3) is 2.32. The minimum atomic E-state index is -0.574. The molecule has 8 heteroatoms. The topological polar surface area (TPSA) is 90.9 Å². The smallest absolute Gasteiger partial charge is 0.290 e. The van der Waals surface area contributed by atoms with E-state index in [0.29, 0.717) is 24.1 Å². The number of carbonyl (C=O) groups excluding carboxylic acids is 1. The van der Waals surface area contributed by atoms with Crippen molar-refractivity contribution in [2.45, 2.75) is 13.3 Å². The third-order valence-electron chi connectivity index (χ3n) is 2.61. The molecule has 1 aromatic heterocycles. The number of halogens is 1. The van der Waals surface area contributed by atoms with Gasteiger partial charge in [0.2, 0.25) is 0 Å². The van der Waals surface area contributed by atoms with Crippen LogP contribution in [-0.2, 0) is 6.42 Å². The zero-order valence-corrected chi connectivity index (χ0v) is 10.7. The molecule has 0 atom stereocenters. The fraction of sp³-hybridized carbons (Fsp3) is 0.182. The second-order valence-corrected chi connectivity index (χ2v) is 4.10. The van der Waals surface area contributed by atoms with E-state index in [4.69, 9.17) is 11.6 Å². The molecule has 0 bridgehead atoms. The number of aldehydes is 1. The van der Waals surface area contributed by atoms with Crippen LogP contribution in [0.3, 0.4) is 0 Å². The summed E-state index contributed by atoms with van der Waals surface area (Å²) in [5.74, 6) is 0. The highest BCUT2D eigenvalue weighted by molar-refractivity contribution is 6.32. The number of nitro benzene ring substituents is 1. The molecule has 0 amide bonds. The van der Waals surface area contributed by atoms with Crippen LogP contribution in [0.2, 0.25) is 5.02 Å². The summed E-state index contributed by atoms with van der Waals surface area (Å²) >= 11 is 5.74. The predicted octanol–water partition coefficient (Wildman–Crippen LogP) is 2.20. The molecule has 98 valence electrons. The van der Waals surface area contributed by atoms with Gasteiger partial charge in [0, 0.05) is 6.07 Å². The molecule has 0 fully saturated rings. The maximum atomic E-state index is 10.8. The average molecular weight is 281 g/mol. The van der Waals surface area contributed by atoms with Crippen LogP contribution < -0.4 is 0 Å². The van der Waals surface area contributed by atoms with Gasteiger partial charge >= 0.3 is 0 Å². The van der Waals surface area contributed by atoms with Crippen LogP contribution in [0.1, 0.15) is 23.1 Å². The fourth-order valence-corrected chi connectivity index (χ4v) is 1.90. The van der Waals surface area contributed by atoms with Crippen LogP contribution in [-0.4, -0.2) is 26.2 Å². The molecule has 2 aromatic rings. The molecule has 0 aliphatic rings. The summed E-state index contributed by atoms with van der Waals surface area (Å²) in [6.45, 7) is 1.84. The first-order valence-electron chi connectivity index (χ1n) is 5.42. The highest BCUT2D eigenvalue weighted by Crippen LogP contribution is 2.27. The molecule has 0 unspecified atom stereocenters. The molecule has 0 N–H and O–H groups in total. The maximum Gasteiger partial charge on any atom is 0.290 e. The van der Waals surface area contributed by atoms with E-state index in [9.17, 15) is 14.9 Å². The Morgan fingerprint density at radius 3 is 2.84 bits per heavy atom. The van der Waals surface area contributed by atoms with Gasteiger partial charge in [-0.1, -0.05) is 23.7 Å². The van der Waals surface area contributed by atoms with Crippen molar-refractivity contribution < 1.29 is 9.72 Å². The van der Waals surface area contributed by atoms with Gasteiger partial charge in [-0.15, -0.1) is 5.10 Å². The molecule has 0 aliphatic carbocycles. The van der Waals surface area contributed by atoms with Crippen molar-refractivity contribution in [2.24, 2.45) is 0 Å². The van der Waals surface area contributed by atoms with Gasteiger partial charge in [0.1, 0.15) is 10.7 Å².